The van der Waals surface area contributed by atoms with Crippen molar-refractivity contribution in [2.75, 3.05) is 13.6 Å². The van der Waals surface area contributed by atoms with Gasteiger partial charge >= 0.3 is 5.97 Å². The van der Waals surface area contributed by atoms with Crippen LogP contribution < -0.4 is 5.32 Å². The van der Waals surface area contributed by atoms with Gasteiger partial charge < -0.3 is 15.3 Å². The molecule has 0 aromatic heterocycles. The number of carboxylic acids is 1. The molecule has 0 spiro atoms. The van der Waals surface area contributed by atoms with Crippen molar-refractivity contribution in [1.29, 1.82) is 0 Å². The van der Waals surface area contributed by atoms with Gasteiger partial charge in [-0.1, -0.05) is 26.0 Å². The van der Waals surface area contributed by atoms with Crippen molar-refractivity contribution in [1.82, 2.24) is 10.2 Å². The topological polar surface area (TPSA) is 86.7 Å². The molecule has 120 valence electrons. The Labute approximate surface area is 130 Å². The van der Waals surface area contributed by atoms with Crippen molar-refractivity contribution >= 4 is 17.8 Å². The quantitative estimate of drug-likeness (QED) is 0.799. The largest absolute Gasteiger partial charge is 0.481 e. The third kappa shape index (κ3) is 5.55. The molecule has 0 fully saturated rings. The SMILES string of the molecule is CC(C)C(=O)N(C)Cc1ccc(C(=O)NCCC(=O)O)cc1. The van der Waals surface area contributed by atoms with E-state index in [9.17, 15) is 14.4 Å². The Balaban J connectivity index is 2.57. The van der Waals surface area contributed by atoms with Gasteiger partial charge in [0.1, 0.15) is 0 Å². The Hall–Kier alpha value is -2.37. The lowest BCUT2D eigenvalue weighted by atomic mass is 10.1. The van der Waals surface area contributed by atoms with E-state index in [-0.39, 0.29) is 30.7 Å². The summed E-state index contributed by atoms with van der Waals surface area (Å²) in [6.45, 7) is 4.28. The van der Waals surface area contributed by atoms with Gasteiger partial charge in [0.2, 0.25) is 5.91 Å². The molecule has 0 saturated carbocycles. The lowest BCUT2D eigenvalue weighted by Gasteiger charge is -2.19. The first kappa shape index (κ1) is 17.7. The first-order chi connectivity index (χ1) is 10.3. The molecule has 2 N–H and O–H groups in total. The van der Waals surface area contributed by atoms with Crippen LogP contribution in [0.25, 0.3) is 0 Å². The van der Waals surface area contributed by atoms with E-state index in [2.05, 4.69) is 5.32 Å². The summed E-state index contributed by atoms with van der Waals surface area (Å²) in [6.07, 6.45) is -0.105. The minimum atomic E-state index is -0.950. The van der Waals surface area contributed by atoms with E-state index in [1.165, 1.54) is 0 Å². The summed E-state index contributed by atoms with van der Waals surface area (Å²) in [7, 11) is 1.74. The highest BCUT2D eigenvalue weighted by molar-refractivity contribution is 5.94. The first-order valence-electron chi connectivity index (χ1n) is 7.15. The Morgan fingerprint density at radius 2 is 1.77 bits per heavy atom. The van der Waals surface area contributed by atoms with Crippen LogP contribution in [-0.2, 0) is 16.1 Å². The van der Waals surface area contributed by atoms with Gasteiger partial charge in [-0.05, 0) is 17.7 Å². The fraction of sp³-hybridized carbons (Fsp3) is 0.438. The van der Waals surface area contributed by atoms with Gasteiger partial charge in [0, 0.05) is 31.6 Å². The van der Waals surface area contributed by atoms with Gasteiger partial charge in [-0.3, -0.25) is 14.4 Å². The second-order valence-corrected chi connectivity index (χ2v) is 5.45. The van der Waals surface area contributed by atoms with Gasteiger partial charge in [-0.2, -0.15) is 0 Å². The Morgan fingerprint density at radius 3 is 2.27 bits per heavy atom. The van der Waals surface area contributed by atoms with E-state index in [0.29, 0.717) is 12.1 Å². The second kappa shape index (κ2) is 8.17. The summed E-state index contributed by atoms with van der Waals surface area (Å²) in [5, 5.41) is 11.1. The van der Waals surface area contributed by atoms with Crippen LogP contribution in [0, 0.1) is 5.92 Å². The molecule has 6 nitrogen and oxygen atoms in total. The molecule has 0 aliphatic carbocycles. The molecular formula is C16H22N2O4. The molecule has 0 heterocycles. The van der Waals surface area contributed by atoms with Crippen molar-refractivity contribution in [3.63, 3.8) is 0 Å². The predicted octanol–water partition coefficient (Wildman–Crippen LogP) is 1.51. The predicted molar refractivity (Wildman–Crippen MR) is 82.3 cm³/mol. The van der Waals surface area contributed by atoms with Crippen molar-refractivity contribution in [2.24, 2.45) is 5.92 Å². The number of carbonyl (C=O) groups excluding carboxylic acids is 2. The minimum absolute atomic E-state index is 0.0516. The molecule has 22 heavy (non-hydrogen) atoms. The number of amides is 2. The third-order valence-corrected chi connectivity index (χ3v) is 3.13. The summed E-state index contributed by atoms with van der Waals surface area (Å²) in [5.74, 6) is -1.24. The van der Waals surface area contributed by atoms with E-state index >= 15 is 0 Å². The van der Waals surface area contributed by atoms with E-state index in [1.54, 1.807) is 36.2 Å². The van der Waals surface area contributed by atoms with Gasteiger partial charge in [-0.25, -0.2) is 0 Å². The van der Waals surface area contributed by atoms with Crippen LogP contribution in [0.4, 0.5) is 0 Å². The molecular weight excluding hydrogens is 284 g/mol. The fourth-order valence-corrected chi connectivity index (χ4v) is 1.94. The average Bonchev–Trinajstić information content (AvgIpc) is 2.46. The molecule has 0 radical (unpaired) electrons. The number of rotatable bonds is 7. The molecule has 1 rings (SSSR count). The Morgan fingerprint density at radius 1 is 1.18 bits per heavy atom. The van der Waals surface area contributed by atoms with E-state index in [1.807, 2.05) is 13.8 Å². The zero-order valence-corrected chi connectivity index (χ0v) is 13.1. The standard InChI is InChI=1S/C16H22N2O4/c1-11(2)16(22)18(3)10-12-4-6-13(7-5-12)15(21)17-9-8-14(19)20/h4-7,11H,8-10H2,1-3H3,(H,17,21)(H,19,20). The van der Waals surface area contributed by atoms with Crippen LogP contribution in [0.5, 0.6) is 0 Å². The number of nitrogens with zero attached hydrogens (tertiary/aromatic N) is 1. The van der Waals surface area contributed by atoms with Crippen LogP contribution in [-0.4, -0.2) is 41.4 Å². The number of carboxylic acid groups (broad SMARTS) is 1. The Kier molecular flexibility index (Phi) is 6.56. The molecule has 0 unspecified atom stereocenters. The normalized spacial score (nSPS) is 10.4. The average molecular weight is 306 g/mol. The maximum atomic E-state index is 11.8. The number of nitrogens with one attached hydrogen (secondary N) is 1. The Bertz CT molecular complexity index is 538. The van der Waals surface area contributed by atoms with Crippen LogP contribution >= 0.6 is 0 Å². The second-order valence-electron chi connectivity index (χ2n) is 5.45. The number of benzene rings is 1. The highest BCUT2D eigenvalue weighted by atomic mass is 16.4. The first-order valence-corrected chi connectivity index (χ1v) is 7.15. The van der Waals surface area contributed by atoms with Crippen LogP contribution in [0.15, 0.2) is 24.3 Å². The highest BCUT2D eigenvalue weighted by Gasteiger charge is 2.13. The van der Waals surface area contributed by atoms with Gasteiger partial charge in [-0.15, -0.1) is 0 Å². The molecule has 1 aromatic carbocycles. The fourth-order valence-electron chi connectivity index (χ4n) is 1.94. The zero-order chi connectivity index (χ0) is 16.7. The summed E-state index contributed by atoms with van der Waals surface area (Å²) >= 11 is 0. The minimum Gasteiger partial charge on any atom is -0.481 e. The molecule has 0 saturated heterocycles. The van der Waals surface area contributed by atoms with Gasteiger partial charge in [0.15, 0.2) is 0 Å². The molecule has 2 amide bonds. The third-order valence-electron chi connectivity index (χ3n) is 3.13. The van der Waals surface area contributed by atoms with E-state index in [0.717, 1.165) is 5.56 Å². The monoisotopic (exact) mass is 306 g/mol. The van der Waals surface area contributed by atoms with Crippen molar-refractivity contribution in [3.8, 4) is 0 Å². The lowest BCUT2D eigenvalue weighted by Crippen LogP contribution is -2.30. The zero-order valence-electron chi connectivity index (χ0n) is 13.1. The summed E-state index contributed by atoms with van der Waals surface area (Å²) in [5.41, 5.74) is 1.39. The van der Waals surface area contributed by atoms with Crippen LogP contribution in [0.2, 0.25) is 0 Å². The van der Waals surface area contributed by atoms with Crippen LogP contribution in [0.1, 0.15) is 36.2 Å². The number of hydrogen-bond donors (Lipinski definition) is 2. The summed E-state index contributed by atoms with van der Waals surface area (Å²) in [6, 6.07) is 6.91. The van der Waals surface area contributed by atoms with E-state index in [4.69, 9.17) is 5.11 Å². The smallest absolute Gasteiger partial charge is 0.305 e. The van der Waals surface area contributed by atoms with Gasteiger partial charge in [0.05, 0.1) is 6.42 Å². The number of hydrogen-bond acceptors (Lipinski definition) is 3. The molecule has 0 atom stereocenters. The van der Waals surface area contributed by atoms with Crippen molar-refractivity contribution in [2.45, 2.75) is 26.8 Å². The summed E-state index contributed by atoms with van der Waals surface area (Å²) in [4.78, 5) is 35.6. The van der Waals surface area contributed by atoms with Gasteiger partial charge in [0.25, 0.3) is 5.91 Å². The summed E-state index contributed by atoms with van der Waals surface area (Å²) < 4.78 is 0. The highest BCUT2D eigenvalue weighted by Crippen LogP contribution is 2.09. The maximum Gasteiger partial charge on any atom is 0.305 e. The van der Waals surface area contributed by atoms with Crippen molar-refractivity contribution < 1.29 is 19.5 Å². The van der Waals surface area contributed by atoms with E-state index < -0.39 is 5.97 Å². The molecule has 0 bridgehead atoms. The number of aliphatic carboxylic acids is 1. The molecule has 0 aliphatic rings. The van der Waals surface area contributed by atoms with Crippen molar-refractivity contribution in [3.05, 3.63) is 35.4 Å². The molecule has 0 aliphatic heterocycles. The number of carbonyl (C=O) groups is 3. The lowest BCUT2D eigenvalue weighted by molar-refractivity contribution is -0.137. The van der Waals surface area contributed by atoms with Crippen LogP contribution in [0.3, 0.4) is 0 Å². The molecule has 1 aromatic rings. The maximum absolute atomic E-state index is 11.8. The molecule has 6 heteroatoms.